The van der Waals surface area contributed by atoms with Gasteiger partial charge in [0, 0.05) is 15.2 Å². The van der Waals surface area contributed by atoms with Gasteiger partial charge in [-0.25, -0.2) is 4.98 Å². The largest absolute Gasteiger partial charge is 0.493 e. The Labute approximate surface area is 185 Å². The third kappa shape index (κ3) is 4.66. The van der Waals surface area contributed by atoms with E-state index in [1.807, 2.05) is 54.6 Å². The lowest BCUT2D eigenvalue weighted by Crippen LogP contribution is -2.22. The molecule has 1 aromatic heterocycles. The lowest BCUT2D eigenvalue weighted by atomic mass is 10.2. The lowest BCUT2D eigenvalue weighted by Gasteiger charge is -2.13. The van der Waals surface area contributed by atoms with Gasteiger partial charge in [0.2, 0.25) is 0 Å². The maximum absolute atomic E-state index is 13.2. The summed E-state index contributed by atoms with van der Waals surface area (Å²) in [6, 6.07) is 22.3. The highest BCUT2D eigenvalue weighted by Crippen LogP contribution is 2.23. The zero-order chi connectivity index (χ0) is 20.2. The molecule has 0 saturated heterocycles. The van der Waals surface area contributed by atoms with Crippen molar-refractivity contribution >= 4 is 50.2 Å². The van der Waals surface area contributed by atoms with Gasteiger partial charge in [0.05, 0.1) is 23.2 Å². The van der Waals surface area contributed by atoms with Crippen molar-refractivity contribution in [3.8, 4) is 11.4 Å². The van der Waals surface area contributed by atoms with E-state index in [0.29, 0.717) is 33.4 Å². The van der Waals surface area contributed by atoms with Crippen LogP contribution in [0.1, 0.15) is 0 Å². The molecule has 0 aliphatic carbocycles. The summed E-state index contributed by atoms with van der Waals surface area (Å²) in [5.41, 5.74) is 1.31. The molecule has 0 saturated carbocycles. The number of fused-ring (bicyclic) bond motifs is 1. The SMILES string of the molecule is O=c1c2ccccc2nc(SCCOc2cccc(Br)c2)n1-c1ccc(Cl)cc1. The summed E-state index contributed by atoms with van der Waals surface area (Å²) in [5.74, 6) is 1.44. The number of rotatable bonds is 6. The molecule has 0 spiro atoms. The standard InChI is InChI=1S/C22H16BrClN2O2S/c23-15-4-3-5-18(14-15)28-12-13-29-22-25-20-7-2-1-6-19(20)21(27)26(22)17-10-8-16(24)9-11-17/h1-11,14H,12-13H2. The third-order valence-electron chi connectivity index (χ3n) is 4.21. The molecule has 29 heavy (non-hydrogen) atoms. The Balaban J connectivity index is 1.62. The maximum Gasteiger partial charge on any atom is 0.266 e. The number of benzene rings is 3. The normalized spacial score (nSPS) is 11.0. The van der Waals surface area contributed by atoms with E-state index in [1.165, 1.54) is 11.8 Å². The summed E-state index contributed by atoms with van der Waals surface area (Å²) in [5, 5.41) is 1.82. The summed E-state index contributed by atoms with van der Waals surface area (Å²) < 4.78 is 8.40. The molecule has 0 aliphatic heterocycles. The number of para-hydroxylation sites is 1. The van der Waals surface area contributed by atoms with Crippen LogP contribution in [-0.2, 0) is 0 Å². The van der Waals surface area contributed by atoms with E-state index < -0.39 is 0 Å². The molecule has 0 N–H and O–H groups in total. The van der Waals surface area contributed by atoms with Gasteiger partial charge in [-0.3, -0.25) is 9.36 Å². The van der Waals surface area contributed by atoms with Gasteiger partial charge >= 0.3 is 0 Å². The molecule has 1 heterocycles. The molecular formula is C22H16BrClN2O2S. The molecule has 0 amide bonds. The van der Waals surface area contributed by atoms with Crippen LogP contribution in [0.15, 0.2) is 87.2 Å². The molecule has 4 aromatic rings. The number of aromatic nitrogens is 2. The predicted octanol–water partition coefficient (Wildman–Crippen LogP) is 5.97. The monoisotopic (exact) mass is 486 g/mol. The van der Waals surface area contributed by atoms with Crippen molar-refractivity contribution in [2.75, 3.05) is 12.4 Å². The fourth-order valence-electron chi connectivity index (χ4n) is 2.88. The second kappa shape index (κ2) is 9.03. The molecule has 146 valence electrons. The van der Waals surface area contributed by atoms with Crippen LogP contribution < -0.4 is 10.3 Å². The van der Waals surface area contributed by atoms with Crippen LogP contribution in [0, 0.1) is 0 Å². The number of nitrogens with zero attached hydrogens (tertiary/aromatic N) is 2. The van der Waals surface area contributed by atoms with Gasteiger partial charge in [0.25, 0.3) is 5.56 Å². The van der Waals surface area contributed by atoms with Gasteiger partial charge in [-0.05, 0) is 54.6 Å². The smallest absolute Gasteiger partial charge is 0.266 e. The Morgan fingerprint density at radius 1 is 1.03 bits per heavy atom. The highest BCUT2D eigenvalue weighted by atomic mass is 79.9. The maximum atomic E-state index is 13.2. The van der Waals surface area contributed by atoms with Gasteiger partial charge in [0.15, 0.2) is 5.16 Å². The van der Waals surface area contributed by atoms with E-state index in [1.54, 1.807) is 22.8 Å². The number of halogens is 2. The van der Waals surface area contributed by atoms with Crippen LogP contribution in [-0.4, -0.2) is 21.9 Å². The van der Waals surface area contributed by atoms with E-state index in [0.717, 1.165) is 15.9 Å². The number of thioether (sulfide) groups is 1. The second-order valence-corrected chi connectivity index (χ2v) is 8.60. The predicted molar refractivity (Wildman–Crippen MR) is 123 cm³/mol. The Kier molecular flexibility index (Phi) is 6.23. The van der Waals surface area contributed by atoms with Crippen molar-refractivity contribution in [2.24, 2.45) is 0 Å². The molecule has 0 bridgehead atoms. The third-order valence-corrected chi connectivity index (χ3v) is 5.86. The number of hydrogen-bond donors (Lipinski definition) is 0. The molecule has 0 unspecified atom stereocenters. The van der Waals surface area contributed by atoms with E-state index in [-0.39, 0.29) is 5.56 Å². The van der Waals surface area contributed by atoms with Gasteiger partial charge in [-0.2, -0.15) is 0 Å². The summed E-state index contributed by atoms with van der Waals surface area (Å²) >= 11 is 10.9. The van der Waals surface area contributed by atoms with Gasteiger partial charge < -0.3 is 4.74 Å². The van der Waals surface area contributed by atoms with Crippen molar-refractivity contribution in [3.63, 3.8) is 0 Å². The first-order valence-corrected chi connectivity index (χ1v) is 11.1. The quantitative estimate of drug-likeness (QED) is 0.191. The van der Waals surface area contributed by atoms with E-state index >= 15 is 0 Å². The molecule has 7 heteroatoms. The van der Waals surface area contributed by atoms with Crippen LogP contribution in [0.2, 0.25) is 5.02 Å². The minimum atomic E-state index is -0.103. The number of ether oxygens (including phenoxy) is 1. The second-order valence-electron chi connectivity index (χ2n) is 6.18. The summed E-state index contributed by atoms with van der Waals surface area (Å²) in [4.78, 5) is 17.9. The topological polar surface area (TPSA) is 44.1 Å². The first kappa shape index (κ1) is 20.0. The van der Waals surface area contributed by atoms with Crippen molar-refractivity contribution in [1.29, 1.82) is 0 Å². The summed E-state index contributed by atoms with van der Waals surface area (Å²) in [6.45, 7) is 0.491. The Morgan fingerprint density at radius 3 is 2.62 bits per heavy atom. The highest BCUT2D eigenvalue weighted by molar-refractivity contribution is 9.10. The summed E-state index contributed by atoms with van der Waals surface area (Å²) in [7, 11) is 0. The van der Waals surface area contributed by atoms with Crippen molar-refractivity contribution < 1.29 is 4.74 Å². The van der Waals surface area contributed by atoms with Gasteiger partial charge in [-0.15, -0.1) is 0 Å². The van der Waals surface area contributed by atoms with Crippen molar-refractivity contribution in [2.45, 2.75) is 5.16 Å². The molecule has 4 nitrogen and oxygen atoms in total. The van der Waals surface area contributed by atoms with Crippen molar-refractivity contribution in [1.82, 2.24) is 9.55 Å². The molecule has 3 aromatic carbocycles. The van der Waals surface area contributed by atoms with E-state index in [9.17, 15) is 4.79 Å². The molecule has 0 fully saturated rings. The van der Waals surface area contributed by atoms with Gasteiger partial charge in [-0.1, -0.05) is 57.5 Å². The Bertz CT molecular complexity index is 1210. The molecular weight excluding hydrogens is 472 g/mol. The van der Waals surface area contributed by atoms with Crippen LogP contribution in [0.4, 0.5) is 0 Å². The molecule has 0 aliphatic rings. The fourth-order valence-corrected chi connectivity index (χ4v) is 4.21. The molecule has 0 radical (unpaired) electrons. The van der Waals surface area contributed by atoms with Gasteiger partial charge in [0.1, 0.15) is 5.75 Å². The van der Waals surface area contributed by atoms with Crippen LogP contribution >= 0.6 is 39.3 Å². The van der Waals surface area contributed by atoms with E-state index in [2.05, 4.69) is 15.9 Å². The zero-order valence-corrected chi connectivity index (χ0v) is 18.4. The van der Waals surface area contributed by atoms with Crippen LogP contribution in [0.3, 0.4) is 0 Å². The lowest BCUT2D eigenvalue weighted by molar-refractivity contribution is 0.343. The van der Waals surface area contributed by atoms with Crippen LogP contribution in [0.25, 0.3) is 16.6 Å². The minimum absolute atomic E-state index is 0.103. The Hall–Kier alpha value is -2.28. The van der Waals surface area contributed by atoms with Crippen molar-refractivity contribution in [3.05, 3.63) is 92.6 Å². The first-order chi connectivity index (χ1) is 14.1. The average Bonchev–Trinajstić information content (AvgIpc) is 2.72. The Morgan fingerprint density at radius 2 is 1.83 bits per heavy atom. The zero-order valence-electron chi connectivity index (χ0n) is 15.2. The average molecular weight is 488 g/mol. The molecule has 0 atom stereocenters. The summed E-state index contributed by atoms with van der Waals surface area (Å²) in [6.07, 6.45) is 0. The van der Waals surface area contributed by atoms with Crippen LogP contribution in [0.5, 0.6) is 5.75 Å². The number of hydrogen-bond acceptors (Lipinski definition) is 4. The van der Waals surface area contributed by atoms with E-state index in [4.69, 9.17) is 21.3 Å². The fraction of sp³-hybridized carbons (Fsp3) is 0.0909. The molecule has 4 rings (SSSR count). The highest BCUT2D eigenvalue weighted by Gasteiger charge is 2.13. The first-order valence-electron chi connectivity index (χ1n) is 8.91. The minimum Gasteiger partial charge on any atom is -0.493 e.